The molecule has 0 saturated carbocycles. The zero-order valence-corrected chi connectivity index (χ0v) is 15.2. The fraction of sp³-hybridized carbons (Fsp3) is 0.364. The molecule has 4 rings (SSSR count). The van der Waals surface area contributed by atoms with Gasteiger partial charge >= 0.3 is 0 Å². The van der Waals surface area contributed by atoms with Gasteiger partial charge in [0.05, 0.1) is 0 Å². The van der Waals surface area contributed by atoms with Crippen molar-refractivity contribution < 1.29 is 4.39 Å². The first kappa shape index (κ1) is 16.3. The summed E-state index contributed by atoms with van der Waals surface area (Å²) in [6, 6.07) is 14.5. The molecule has 130 valence electrons. The maximum atomic E-state index is 13.9. The molecule has 3 heteroatoms. The Balaban J connectivity index is 1.74. The molecule has 1 aliphatic heterocycles. The standard InChI is InChI=1S/C22H25FN2/c1-15-4-6-17(7-5-15)10-11-25-21-9-8-18(23)13-19(21)20-14-24(3)16(2)12-22(20)25/h4-9,13,16H,10-12,14H2,1-3H3. The van der Waals surface area contributed by atoms with Gasteiger partial charge in [0.1, 0.15) is 5.82 Å². The predicted molar refractivity (Wildman–Crippen MR) is 101 cm³/mol. The van der Waals surface area contributed by atoms with Gasteiger partial charge in [0.15, 0.2) is 0 Å². The van der Waals surface area contributed by atoms with Crippen LogP contribution in [0.3, 0.4) is 0 Å². The van der Waals surface area contributed by atoms with Crippen molar-refractivity contribution in [3.05, 3.63) is 70.7 Å². The monoisotopic (exact) mass is 336 g/mol. The van der Waals surface area contributed by atoms with Gasteiger partial charge in [-0.05, 0) is 56.6 Å². The Hall–Kier alpha value is -2.13. The van der Waals surface area contributed by atoms with Gasteiger partial charge in [-0.15, -0.1) is 0 Å². The maximum absolute atomic E-state index is 13.9. The molecule has 0 saturated heterocycles. The van der Waals surface area contributed by atoms with Crippen molar-refractivity contribution in [2.24, 2.45) is 0 Å². The SMILES string of the molecule is Cc1ccc(CCn2c3c(c4cc(F)ccc42)CN(C)C(C)C3)cc1. The van der Waals surface area contributed by atoms with Gasteiger partial charge in [0, 0.05) is 42.1 Å². The van der Waals surface area contributed by atoms with E-state index >= 15 is 0 Å². The van der Waals surface area contributed by atoms with Crippen LogP contribution in [0, 0.1) is 12.7 Å². The van der Waals surface area contributed by atoms with Crippen LogP contribution in [0.1, 0.15) is 29.3 Å². The minimum absolute atomic E-state index is 0.146. The maximum Gasteiger partial charge on any atom is 0.123 e. The van der Waals surface area contributed by atoms with Crippen molar-refractivity contribution in [3.8, 4) is 0 Å². The molecule has 0 N–H and O–H groups in total. The first-order valence-electron chi connectivity index (χ1n) is 9.08. The summed E-state index contributed by atoms with van der Waals surface area (Å²) < 4.78 is 16.3. The molecule has 0 radical (unpaired) electrons. The molecule has 2 heterocycles. The summed E-state index contributed by atoms with van der Waals surface area (Å²) in [5.41, 5.74) is 6.50. The number of nitrogens with zero attached hydrogens (tertiary/aromatic N) is 2. The van der Waals surface area contributed by atoms with Crippen LogP contribution in [0.15, 0.2) is 42.5 Å². The Bertz CT molecular complexity index is 908. The molecule has 1 unspecified atom stereocenters. The summed E-state index contributed by atoms with van der Waals surface area (Å²) >= 11 is 0. The summed E-state index contributed by atoms with van der Waals surface area (Å²) in [6.45, 7) is 6.22. The lowest BCUT2D eigenvalue weighted by Gasteiger charge is -2.31. The highest BCUT2D eigenvalue weighted by molar-refractivity contribution is 5.86. The summed E-state index contributed by atoms with van der Waals surface area (Å²) in [6.07, 6.45) is 2.02. The van der Waals surface area contributed by atoms with Crippen LogP contribution in [-0.2, 0) is 25.9 Å². The average molecular weight is 336 g/mol. The number of aromatic nitrogens is 1. The Morgan fingerprint density at radius 2 is 1.88 bits per heavy atom. The molecule has 25 heavy (non-hydrogen) atoms. The zero-order chi connectivity index (χ0) is 17.6. The highest BCUT2D eigenvalue weighted by atomic mass is 19.1. The molecular formula is C22H25FN2. The van der Waals surface area contributed by atoms with E-state index in [1.807, 2.05) is 6.07 Å². The molecular weight excluding hydrogens is 311 g/mol. The molecule has 0 amide bonds. The number of hydrogen-bond donors (Lipinski definition) is 0. The molecule has 0 bridgehead atoms. The lowest BCUT2D eigenvalue weighted by atomic mass is 10.00. The minimum Gasteiger partial charge on any atom is -0.344 e. The summed E-state index contributed by atoms with van der Waals surface area (Å²) in [5, 5.41) is 1.08. The first-order valence-corrected chi connectivity index (χ1v) is 9.08. The van der Waals surface area contributed by atoms with Crippen LogP contribution in [0.4, 0.5) is 4.39 Å². The Morgan fingerprint density at radius 1 is 1.12 bits per heavy atom. The van der Waals surface area contributed by atoms with E-state index in [0.717, 1.165) is 31.3 Å². The van der Waals surface area contributed by atoms with Crippen LogP contribution in [0.5, 0.6) is 0 Å². The Labute approximate surface area is 148 Å². The van der Waals surface area contributed by atoms with Crippen molar-refractivity contribution >= 4 is 10.9 Å². The second kappa shape index (κ2) is 6.30. The second-order valence-electron chi connectivity index (χ2n) is 7.44. The topological polar surface area (TPSA) is 8.17 Å². The van der Waals surface area contributed by atoms with Gasteiger partial charge in [-0.2, -0.15) is 0 Å². The summed E-state index contributed by atoms with van der Waals surface area (Å²) in [5.74, 6) is -0.146. The summed E-state index contributed by atoms with van der Waals surface area (Å²) in [4.78, 5) is 2.36. The lowest BCUT2D eigenvalue weighted by molar-refractivity contribution is 0.228. The number of hydrogen-bond acceptors (Lipinski definition) is 1. The molecule has 0 spiro atoms. The number of likely N-dealkylation sites (N-methyl/N-ethyl adjacent to an activating group) is 1. The average Bonchev–Trinajstić information content (AvgIpc) is 2.87. The van der Waals surface area contributed by atoms with E-state index in [4.69, 9.17) is 0 Å². The van der Waals surface area contributed by atoms with Gasteiger partial charge in [0.25, 0.3) is 0 Å². The highest BCUT2D eigenvalue weighted by Crippen LogP contribution is 2.33. The van der Waals surface area contributed by atoms with Crippen molar-refractivity contribution in [3.63, 3.8) is 0 Å². The fourth-order valence-corrected chi connectivity index (χ4v) is 3.95. The van der Waals surface area contributed by atoms with E-state index in [1.165, 1.54) is 27.9 Å². The first-order chi connectivity index (χ1) is 12.0. The lowest BCUT2D eigenvalue weighted by Crippen LogP contribution is -2.35. The van der Waals surface area contributed by atoms with Crippen molar-refractivity contribution in [1.82, 2.24) is 9.47 Å². The highest BCUT2D eigenvalue weighted by Gasteiger charge is 2.26. The molecule has 0 fully saturated rings. The quantitative estimate of drug-likeness (QED) is 0.672. The normalized spacial score (nSPS) is 17.8. The largest absolute Gasteiger partial charge is 0.344 e. The van der Waals surface area contributed by atoms with E-state index in [-0.39, 0.29) is 5.82 Å². The van der Waals surface area contributed by atoms with Crippen LogP contribution < -0.4 is 0 Å². The van der Waals surface area contributed by atoms with Crippen LogP contribution in [-0.4, -0.2) is 22.6 Å². The van der Waals surface area contributed by atoms with Gasteiger partial charge < -0.3 is 4.57 Å². The van der Waals surface area contributed by atoms with Gasteiger partial charge in [-0.25, -0.2) is 4.39 Å². The van der Waals surface area contributed by atoms with Gasteiger partial charge in [-0.3, -0.25) is 4.90 Å². The number of fused-ring (bicyclic) bond motifs is 3. The fourth-order valence-electron chi connectivity index (χ4n) is 3.95. The third kappa shape index (κ3) is 2.98. The van der Waals surface area contributed by atoms with E-state index in [2.05, 4.69) is 54.6 Å². The Kier molecular flexibility index (Phi) is 4.12. The molecule has 1 atom stereocenters. The van der Waals surface area contributed by atoms with Crippen LogP contribution in [0.25, 0.3) is 10.9 Å². The number of aryl methyl sites for hydroxylation is 3. The van der Waals surface area contributed by atoms with Crippen molar-refractivity contribution in [1.29, 1.82) is 0 Å². The number of benzene rings is 2. The van der Waals surface area contributed by atoms with E-state index in [0.29, 0.717) is 6.04 Å². The van der Waals surface area contributed by atoms with E-state index in [1.54, 1.807) is 12.1 Å². The number of rotatable bonds is 3. The van der Waals surface area contributed by atoms with Crippen LogP contribution >= 0.6 is 0 Å². The van der Waals surface area contributed by atoms with Crippen LogP contribution in [0.2, 0.25) is 0 Å². The second-order valence-corrected chi connectivity index (χ2v) is 7.44. The minimum atomic E-state index is -0.146. The smallest absolute Gasteiger partial charge is 0.123 e. The molecule has 0 aliphatic carbocycles. The summed E-state index contributed by atoms with van der Waals surface area (Å²) in [7, 11) is 2.16. The zero-order valence-electron chi connectivity index (χ0n) is 15.2. The van der Waals surface area contributed by atoms with Crippen molar-refractivity contribution in [2.75, 3.05) is 7.05 Å². The van der Waals surface area contributed by atoms with Crippen molar-refractivity contribution in [2.45, 2.75) is 45.8 Å². The molecule has 2 nitrogen and oxygen atoms in total. The third-order valence-corrected chi connectivity index (χ3v) is 5.64. The Morgan fingerprint density at radius 3 is 2.64 bits per heavy atom. The molecule has 3 aromatic rings. The van der Waals surface area contributed by atoms with Gasteiger partial charge in [0.2, 0.25) is 0 Å². The number of halogens is 1. The van der Waals surface area contributed by atoms with E-state index in [9.17, 15) is 4.39 Å². The molecule has 1 aliphatic rings. The van der Waals surface area contributed by atoms with Gasteiger partial charge in [-0.1, -0.05) is 29.8 Å². The molecule has 2 aromatic carbocycles. The third-order valence-electron chi connectivity index (χ3n) is 5.64. The van der Waals surface area contributed by atoms with E-state index < -0.39 is 0 Å². The molecule has 1 aromatic heterocycles. The predicted octanol–water partition coefficient (Wildman–Crippen LogP) is 4.71.